The summed E-state index contributed by atoms with van der Waals surface area (Å²) in [6.07, 6.45) is 5.65. The zero-order valence-electron chi connectivity index (χ0n) is 14.2. The van der Waals surface area contributed by atoms with Gasteiger partial charge in [-0.3, -0.25) is 0 Å². The second-order valence-corrected chi connectivity index (χ2v) is 12.3. The van der Waals surface area contributed by atoms with Crippen LogP contribution in [0.3, 0.4) is 0 Å². The first-order valence-electron chi connectivity index (χ1n) is 7.29. The largest absolute Gasteiger partial charge is 0.333 e. The van der Waals surface area contributed by atoms with Gasteiger partial charge in [-0.1, -0.05) is 68.2 Å². The molecule has 0 aliphatic heterocycles. The van der Waals surface area contributed by atoms with Gasteiger partial charge in [0.05, 0.1) is 6.10 Å². The van der Waals surface area contributed by atoms with Crippen molar-refractivity contribution in [1.29, 1.82) is 0 Å². The third kappa shape index (κ3) is 5.46. The minimum absolute atomic E-state index is 0.178. The van der Waals surface area contributed by atoms with Gasteiger partial charge in [-0.2, -0.15) is 0 Å². The van der Waals surface area contributed by atoms with Crippen molar-refractivity contribution in [2.75, 3.05) is 12.5 Å². The lowest BCUT2D eigenvalue weighted by atomic mass is 9.99. The minimum atomic E-state index is -1.12. The molecule has 1 nitrogen and oxygen atoms in total. The first kappa shape index (κ1) is 19.3. The van der Waals surface area contributed by atoms with Crippen molar-refractivity contribution in [3.63, 3.8) is 0 Å². The molecule has 0 saturated heterocycles. The first-order valence-corrected chi connectivity index (χ1v) is 10.8. The van der Waals surface area contributed by atoms with Crippen LogP contribution in [-0.4, -0.2) is 23.4 Å². The van der Waals surface area contributed by atoms with Crippen molar-refractivity contribution in [2.24, 2.45) is 5.92 Å². The van der Waals surface area contributed by atoms with E-state index in [2.05, 4.69) is 69.1 Å². The van der Waals surface area contributed by atoms with Gasteiger partial charge in [0.2, 0.25) is 0 Å². The maximum atomic E-state index is 6.58. The van der Waals surface area contributed by atoms with Crippen LogP contribution in [0.15, 0.2) is 22.7 Å². The highest BCUT2D eigenvalue weighted by Gasteiger charge is 2.32. The number of benzene rings is 1. The summed E-state index contributed by atoms with van der Waals surface area (Å²) in [4.78, 5) is 0. The van der Waals surface area contributed by atoms with Crippen LogP contribution < -0.4 is 0 Å². The number of hydrogen-bond donors (Lipinski definition) is 0. The lowest BCUT2D eigenvalue weighted by Crippen LogP contribution is -2.32. The Morgan fingerprint density at radius 2 is 1.81 bits per heavy atom. The molecule has 1 unspecified atom stereocenters. The van der Waals surface area contributed by atoms with Gasteiger partial charge >= 0.3 is 0 Å². The van der Waals surface area contributed by atoms with Crippen LogP contribution in [0.4, 0.5) is 0 Å². The quantitative estimate of drug-likeness (QED) is 0.555. The third-order valence-corrected chi connectivity index (χ3v) is 8.67. The van der Waals surface area contributed by atoms with Crippen molar-refractivity contribution in [2.45, 2.75) is 51.9 Å². The Hall–Kier alpha value is 0.300. The van der Waals surface area contributed by atoms with Crippen molar-refractivity contribution < 1.29 is 4.18 Å². The molecule has 21 heavy (non-hydrogen) atoms. The van der Waals surface area contributed by atoms with Crippen LogP contribution in [0.2, 0.25) is 5.02 Å². The SMILES string of the molecule is CC(C)C(Cc1ccc(Cl)cc1Br)OS(C)(C)C(C)(C)C. The van der Waals surface area contributed by atoms with Crippen molar-refractivity contribution in [3.8, 4) is 0 Å². The summed E-state index contributed by atoms with van der Waals surface area (Å²) in [6, 6.07) is 5.99. The van der Waals surface area contributed by atoms with Gasteiger partial charge in [-0.25, -0.2) is 0 Å². The van der Waals surface area contributed by atoms with Gasteiger partial charge in [-0.05, 0) is 36.1 Å². The zero-order valence-corrected chi connectivity index (χ0v) is 17.3. The molecule has 0 fully saturated rings. The van der Waals surface area contributed by atoms with E-state index < -0.39 is 10.3 Å². The third-order valence-electron chi connectivity index (χ3n) is 4.02. The average Bonchev–Trinajstić information content (AvgIpc) is 2.29. The molecular formula is C17H28BrClOS. The topological polar surface area (TPSA) is 9.23 Å². The van der Waals surface area contributed by atoms with E-state index >= 15 is 0 Å². The van der Waals surface area contributed by atoms with Crippen molar-refractivity contribution >= 4 is 37.8 Å². The molecule has 0 spiro atoms. The van der Waals surface area contributed by atoms with Gasteiger partial charge < -0.3 is 4.18 Å². The molecule has 0 bridgehead atoms. The average molecular weight is 396 g/mol. The van der Waals surface area contributed by atoms with Crippen molar-refractivity contribution in [1.82, 2.24) is 0 Å². The van der Waals surface area contributed by atoms with Gasteiger partial charge in [0.1, 0.15) is 0 Å². The van der Waals surface area contributed by atoms with E-state index in [4.69, 9.17) is 15.8 Å². The molecule has 0 N–H and O–H groups in total. The van der Waals surface area contributed by atoms with Gasteiger partial charge in [-0.15, -0.1) is 10.3 Å². The van der Waals surface area contributed by atoms with Crippen LogP contribution in [0.5, 0.6) is 0 Å². The first-order chi connectivity index (χ1) is 9.44. The van der Waals surface area contributed by atoms with Crippen LogP contribution in [0.1, 0.15) is 40.2 Å². The summed E-state index contributed by atoms with van der Waals surface area (Å²) >= 11 is 9.64. The smallest absolute Gasteiger partial charge is 0.0764 e. The fraction of sp³-hybridized carbons (Fsp3) is 0.647. The second-order valence-electron chi connectivity index (χ2n) is 7.16. The van der Waals surface area contributed by atoms with Gasteiger partial charge in [0.25, 0.3) is 0 Å². The molecule has 0 aliphatic rings. The molecule has 122 valence electrons. The highest BCUT2D eigenvalue weighted by molar-refractivity contribution is 9.10. The monoisotopic (exact) mass is 394 g/mol. The molecule has 0 saturated carbocycles. The number of rotatable bonds is 5. The summed E-state index contributed by atoms with van der Waals surface area (Å²) in [6.45, 7) is 11.2. The molecule has 0 radical (unpaired) electrons. The van der Waals surface area contributed by atoms with E-state index in [-0.39, 0.29) is 10.9 Å². The van der Waals surface area contributed by atoms with Crippen LogP contribution in [-0.2, 0) is 10.6 Å². The molecule has 4 heteroatoms. The lowest BCUT2D eigenvalue weighted by molar-refractivity contribution is 0.171. The molecule has 1 rings (SSSR count). The predicted octanol–water partition coefficient (Wildman–Crippen LogP) is 6.46. The fourth-order valence-electron chi connectivity index (χ4n) is 1.74. The van der Waals surface area contributed by atoms with Crippen LogP contribution >= 0.6 is 37.8 Å². The Bertz CT molecular complexity index is 480. The Balaban J connectivity index is 2.93. The Morgan fingerprint density at radius 3 is 2.24 bits per heavy atom. The molecular weight excluding hydrogens is 368 g/mol. The predicted molar refractivity (Wildman–Crippen MR) is 102 cm³/mol. The lowest BCUT2D eigenvalue weighted by Gasteiger charge is -2.46. The second kappa shape index (κ2) is 7.25. The normalized spacial score (nSPS) is 15.3. The molecule has 0 aromatic heterocycles. The zero-order chi connectivity index (χ0) is 16.4. The standard InChI is InChI=1S/C17H28BrClOS/c1-12(2)16(20-21(6,7)17(3,4)5)10-13-8-9-14(19)11-15(13)18/h8-9,11-12,16H,10H2,1-7H3. The maximum Gasteiger partial charge on any atom is 0.0764 e. The molecule has 1 aromatic rings. The summed E-state index contributed by atoms with van der Waals surface area (Å²) in [5, 5.41) is 0.758. The molecule has 1 aromatic carbocycles. The number of halogens is 2. The molecule has 0 amide bonds. The summed E-state index contributed by atoms with van der Waals surface area (Å²) in [5.74, 6) is 0.474. The van der Waals surface area contributed by atoms with E-state index in [0.29, 0.717) is 5.92 Å². The van der Waals surface area contributed by atoms with E-state index in [0.717, 1.165) is 15.9 Å². The van der Waals surface area contributed by atoms with Crippen LogP contribution in [0.25, 0.3) is 0 Å². The Labute approximate surface area is 145 Å². The fourth-order valence-corrected chi connectivity index (χ4v) is 3.78. The van der Waals surface area contributed by atoms with E-state index in [1.807, 2.05) is 12.1 Å². The number of hydrogen-bond acceptors (Lipinski definition) is 1. The van der Waals surface area contributed by atoms with Crippen molar-refractivity contribution in [3.05, 3.63) is 33.3 Å². The van der Waals surface area contributed by atoms with E-state index in [9.17, 15) is 0 Å². The van der Waals surface area contributed by atoms with Gasteiger partial charge in [0, 0.05) is 20.7 Å². The summed E-state index contributed by atoms with van der Waals surface area (Å²) in [5.41, 5.74) is 1.25. The maximum absolute atomic E-state index is 6.58. The Morgan fingerprint density at radius 1 is 1.24 bits per heavy atom. The molecule has 1 atom stereocenters. The molecule has 0 heterocycles. The van der Waals surface area contributed by atoms with Gasteiger partial charge in [0.15, 0.2) is 0 Å². The molecule has 0 aliphatic carbocycles. The van der Waals surface area contributed by atoms with Crippen LogP contribution in [0, 0.1) is 5.92 Å². The van der Waals surface area contributed by atoms with E-state index in [1.165, 1.54) is 5.56 Å². The summed E-state index contributed by atoms with van der Waals surface area (Å²) < 4.78 is 7.82. The van der Waals surface area contributed by atoms with E-state index in [1.54, 1.807) is 0 Å². The highest BCUT2D eigenvalue weighted by atomic mass is 79.9. The minimum Gasteiger partial charge on any atom is -0.333 e. The highest BCUT2D eigenvalue weighted by Crippen LogP contribution is 2.55. The Kier molecular flexibility index (Phi) is 6.68. The summed E-state index contributed by atoms with van der Waals surface area (Å²) in [7, 11) is -1.12.